The van der Waals surface area contributed by atoms with E-state index in [1.165, 1.54) is 0 Å². The van der Waals surface area contributed by atoms with E-state index in [4.69, 9.17) is 10.5 Å². The smallest absolute Gasteiger partial charge is 0.109 e. The van der Waals surface area contributed by atoms with E-state index >= 15 is 0 Å². The van der Waals surface area contributed by atoms with Gasteiger partial charge in [0, 0.05) is 25.8 Å². The second-order valence-electron chi connectivity index (χ2n) is 4.91. The van der Waals surface area contributed by atoms with Crippen molar-refractivity contribution in [1.82, 2.24) is 4.90 Å². The fourth-order valence-electron chi connectivity index (χ4n) is 2.67. The summed E-state index contributed by atoms with van der Waals surface area (Å²) < 4.78 is 18.2. The molecule has 2 aliphatic heterocycles. The molecule has 0 spiro atoms. The molecule has 0 aromatic carbocycles. The molecule has 88 valence electrons. The number of hydrogen-bond acceptors (Lipinski definition) is 3. The summed E-state index contributed by atoms with van der Waals surface area (Å²) in [7, 11) is 0. The summed E-state index contributed by atoms with van der Waals surface area (Å²) >= 11 is 0. The van der Waals surface area contributed by atoms with E-state index in [1.54, 1.807) is 0 Å². The Morgan fingerprint density at radius 2 is 2.13 bits per heavy atom. The van der Waals surface area contributed by atoms with Crippen LogP contribution >= 0.6 is 0 Å². The predicted molar refractivity (Wildman–Crippen MR) is 57.5 cm³/mol. The normalized spacial score (nSPS) is 35.6. The summed E-state index contributed by atoms with van der Waals surface area (Å²) in [5.74, 6) is 0. The molecule has 0 amide bonds. The molecular formula is C11H21FN2O. The fraction of sp³-hybridized carbons (Fsp3) is 1.00. The van der Waals surface area contributed by atoms with Crippen LogP contribution in [0.15, 0.2) is 0 Å². The number of halogens is 1. The average molecular weight is 216 g/mol. The lowest BCUT2D eigenvalue weighted by Crippen LogP contribution is -2.58. The van der Waals surface area contributed by atoms with Crippen LogP contribution in [0.25, 0.3) is 0 Å². The van der Waals surface area contributed by atoms with Crippen molar-refractivity contribution >= 4 is 0 Å². The SMILES string of the molecule is NC1(CF)CCCN(C2CCOCC2)C1. The minimum absolute atomic E-state index is 0.396. The Hall–Kier alpha value is -0.190. The topological polar surface area (TPSA) is 38.5 Å². The van der Waals surface area contributed by atoms with Gasteiger partial charge < -0.3 is 10.5 Å². The Morgan fingerprint density at radius 1 is 1.40 bits per heavy atom. The molecule has 2 rings (SSSR count). The molecule has 0 aromatic rings. The Balaban J connectivity index is 1.91. The van der Waals surface area contributed by atoms with Gasteiger partial charge in [-0.25, -0.2) is 4.39 Å². The molecule has 0 aromatic heterocycles. The van der Waals surface area contributed by atoms with Crippen LogP contribution in [0.5, 0.6) is 0 Å². The predicted octanol–water partition coefficient (Wildman–Crippen LogP) is 0.928. The minimum Gasteiger partial charge on any atom is -0.381 e. The number of ether oxygens (including phenoxy) is 1. The highest BCUT2D eigenvalue weighted by Crippen LogP contribution is 2.24. The fourth-order valence-corrected chi connectivity index (χ4v) is 2.67. The van der Waals surface area contributed by atoms with Gasteiger partial charge in [0.1, 0.15) is 6.67 Å². The Morgan fingerprint density at radius 3 is 2.80 bits per heavy atom. The first-order valence-corrected chi connectivity index (χ1v) is 5.90. The van der Waals surface area contributed by atoms with Crippen molar-refractivity contribution in [3.8, 4) is 0 Å². The van der Waals surface area contributed by atoms with E-state index in [2.05, 4.69) is 4.90 Å². The van der Waals surface area contributed by atoms with Gasteiger partial charge in [-0.15, -0.1) is 0 Å². The molecule has 1 atom stereocenters. The first-order valence-electron chi connectivity index (χ1n) is 5.90. The maximum atomic E-state index is 12.8. The molecule has 2 saturated heterocycles. The molecule has 15 heavy (non-hydrogen) atoms. The monoisotopic (exact) mass is 216 g/mol. The lowest BCUT2D eigenvalue weighted by atomic mass is 9.89. The van der Waals surface area contributed by atoms with E-state index in [0.29, 0.717) is 12.6 Å². The molecule has 0 aliphatic carbocycles. The van der Waals surface area contributed by atoms with Crippen molar-refractivity contribution in [3.63, 3.8) is 0 Å². The van der Waals surface area contributed by atoms with E-state index in [0.717, 1.165) is 45.4 Å². The Labute approximate surface area is 90.8 Å². The highest BCUT2D eigenvalue weighted by Gasteiger charge is 2.34. The minimum atomic E-state index is -0.587. The van der Waals surface area contributed by atoms with E-state index < -0.39 is 12.2 Å². The zero-order valence-electron chi connectivity index (χ0n) is 9.25. The Bertz CT molecular complexity index is 209. The summed E-state index contributed by atoms with van der Waals surface area (Å²) in [5, 5.41) is 0. The summed E-state index contributed by atoms with van der Waals surface area (Å²) in [4.78, 5) is 2.37. The van der Waals surface area contributed by atoms with Crippen LogP contribution in [0.1, 0.15) is 25.7 Å². The van der Waals surface area contributed by atoms with E-state index in [9.17, 15) is 4.39 Å². The van der Waals surface area contributed by atoms with Gasteiger partial charge >= 0.3 is 0 Å². The molecule has 2 N–H and O–H groups in total. The van der Waals surface area contributed by atoms with Gasteiger partial charge in [-0.05, 0) is 32.2 Å². The van der Waals surface area contributed by atoms with Crippen molar-refractivity contribution < 1.29 is 9.13 Å². The van der Waals surface area contributed by atoms with Crippen molar-refractivity contribution in [2.24, 2.45) is 5.73 Å². The lowest BCUT2D eigenvalue weighted by Gasteiger charge is -2.43. The summed E-state index contributed by atoms with van der Waals surface area (Å²) in [6.07, 6.45) is 3.99. The van der Waals surface area contributed by atoms with Gasteiger partial charge in [0.05, 0.1) is 5.54 Å². The second kappa shape index (κ2) is 4.76. The third-order valence-electron chi connectivity index (χ3n) is 3.61. The third-order valence-corrected chi connectivity index (χ3v) is 3.61. The number of likely N-dealkylation sites (tertiary alicyclic amines) is 1. The number of hydrogen-bond donors (Lipinski definition) is 1. The molecule has 3 nitrogen and oxygen atoms in total. The zero-order valence-corrected chi connectivity index (χ0v) is 9.25. The van der Waals surface area contributed by atoms with Crippen molar-refractivity contribution in [1.29, 1.82) is 0 Å². The molecule has 1 unspecified atom stereocenters. The number of nitrogens with zero attached hydrogens (tertiary/aromatic N) is 1. The molecule has 2 fully saturated rings. The average Bonchev–Trinajstić information content (AvgIpc) is 2.30. The van der Waals surface area contributed by atoms with E-state index in [-0.39, 0.29) is 0 Å². The summed E-state index contributed by atoms with van der Waals surface area (Å²) in [6, 6.07) is 0.563. The van der Waals surface area contributed by atoms with Crippen molar-refractivity contribution in [2.75, 3.05) is 33.0 Å². The second-order valence-corrected chi connectivity index (χ2v) is 4.91. The van der Waals surface area contributed by atoms with Crippen LogP contribution in [0, 0.1) is 0 Å². The first kappa shape index (κ1) is 11.3. The lowest BCUT2D eigenvalue weighted by molar-refractivity contribution is 0.00976. The number of alkyl halides is 1. The molecule has 2 aliphatic rings. The highest BCUT2D eigenvalue weighted by molar-refractivity contribution is 4.93. The number of piperidine rings is 1. The largest absolute Gasteiger partial charge is 0.381 e. The van der Waals surface area contributed by atoms with Crippen LogP contribution in [-0.2, 0) is 4.74 Å². The van der Waals surface area contributed by atoms with Gasteiger partial charge in [-0.3, -0.25) is 4.90 Å². The zero-order chi connectivity index (χ0) is 10.7. The Kier molecular flexibility index (Phi) is 3.59. The maximum absolute atomic E-state index is 12.8. The summed E-state index contributed by atoms with van der Waals surface area (Å²) in [6.45, 7) is 3.08. The van der Waals surface area contributed by atoms with Crippen LogP contribution in [0.3, 0.4) is 0 Å². The first-order chi connectivity index (χ1) is 7.23. The van der Waals surface area contributed by atoms with Crippen LogP contribution in [0.4, 0.5) is 4.39 Å². The third kappa shape index (κ3) is 2.68. The van der Waals surface area contributed by atoms with Gasteiger partial charge in [0.2, 0.25) is 0 Å². The quantitative estimate of drug-likeness (QED) is 0.746. The molecule has 0 radical (unpaired) electrons. The van der Waals surface area contributed by atoms with Crippen LogP contribution < -0.4 is 5.73 Å². The van der Waals surface area contributed by atoms with Gasteiger partial charge in [0.15, 0.2) is 0 Å². The van der Waals surface area contributed by atoms with E-state index in [1.807, 2.05) is 0 Å². The van der Waals surface area contributed by atoms with Gasteiger partial charge in [0.25, 0.3) is 0 Å². The standard InChI is InChI=1S/C11H21FN2O/c12-8-11(13)4-1-5-14(9-11)10-2-6-15-7-3-10/h10H,1-9,13H2. The molecule has 2 heterocycles. The molecule has 0 saturated carbocycles. The molecular weight excluding hydrogens is 195 g/mol. The number of nitrogens with two attached hydrogens (primary N) is 1. The maximum Gasteiger partial charge on any atom is 0.109 e. The number of rotatable bonds is 2. The van der Waals surface area contributed by atoms with Crippen molar-refractivity contribution in [3.05, 3.63) is 0 Å². The molecule has 4 heteroatoms. The van der Waals surface area contributed by atoms with Gasteiger partial charge in [-0.1, -0.05) is 0 Å². The van der Waals surface area contributed by atoms with Gasteiger partial charge in [-0.2, -0.15) is 0 Å². The van der Waals surface area contributed by atoms with Crippen LogP contribution in [0.2, 0.25) is 0 Å². The van der Waals surface area contributed by atoms with Crippen molar-refractivity contribution in [2.45, 2.75) is 37.3 Å². The van der Waals surface area contributed by atoms with Crippen LogP contribution in [-0.4, -0.2) is 49.5 Å². The summed E-state index contributed by atoms with van der Waals surface area (Å²) in [5.41, 5.74) is 5.42. The molecule has 0 bridgehead atoms. The highest BCUT2D eigenvalue weighted by atomic mass is 19.1.